The Kier molecular flexibility index (Phi) is 5.62. The average Bonchev–Trinajstić information content (AvgIpc) is 2.60. The Morgan fingerprint density at radius 1 is 0.783 bits per heavy atom. The summed E-state index contributed by atoms with van der Waals surface area (Å²) in [6.07, 6.45) is 3.03. The molecular weight excluding hydrogens is 280 g/mol. The second-order valence-electron chi connectivity index (χ2n) is 6.30. The lowest BCUT2D eigenvalue weighted by molar-refractivity contribution is 0.137. The summed E-state index contributed by atoms with van der Waals surface area (Å²) in [7, 11) is 0. The van der Waals surface area contributed by atoms with Gasteiger partial charge in [-0.1, -0.05) is 60.7 Å². The summed E-state index contributed by atoms with van der Waals surface area (Å²) in [5, 5.41) is 0. The third-order valence-electron chi connectivity index (χ3n) is 4.60. The van der Waals surface area contributed by atoms with Gasteiger partial charge in [-0.05, 0) is 23.1 Å². The molecule has 2 aromatic rings. The Morgan fingerprint density at radius 2 is 1.39 bits per heavy atom. The van der Waals surface area contributed by atoms with Crippen LogP contribution in [0.2, 0.25) is 0 Å². The first-order chi connectivity index (χ1) is 11.3. The molecule has 0 aliphatic carbocycles. The summed E-state index contributed by atoms with van der Waals surface area (Å²) < 4.78 is 0. The third kappa shape index (κ3) is 4.54. The molecule has 1 aliphatic rings. The lowest BCUT2D eigenvalue weighted by Gasteiger charge is -2.34. The van der Waals surface area contributed by atoms with E-state index in [1.165, 1.54) is 16.7 Å². The first-order valence-corrected chi connectivity index (χ1v) is 8.51. The van der Waals surface area contributed by atoms with Gasteiger partial charge in [-0.25, -0.2) is 0 Å². The first-order valence-electron chi connectivity index (χ1n) is 8.51. The van der Waals surface area contributed by atoms with Gasteiger partial charge in [0.05, 0.1) is 0 Å². The van der Waals surface area contributed by atoms with Crippen molar-refractivity contribution in [1.29, 1.82) is 0 Å². The van der Waals surface area contributed by atoms with E-state index in [4.69, 9.17) is 0 Å². The molecule has 2 heteroatoms. The lowest BCUT2D eigenvalue weighted by Crippen LogP contribution is -2.45. The van der Waals surface area contributed by atoms with Crippen LogP contribution in [0.15, 0.2) is 67.3 Å². The molecule has 0 amide bonds. The highest BCUT2D eigenvalue weighted by Crippen LogP contribution is 2.17. The molecule has 0 unspecified atom stereocenters. The lowest BCUT2D eigenvalue weighted by atomic mass is 9.99. The van der Waals surface area contributed by atoms with Crippen molar-refractivity contribution in [3.05, 3.63) is 83.9 Å². The van der Waals surface area contributed by atoms with E-state index in [2.05, 4.69) is 71.0 Å². The van der Waals surface area contributed by atoms with Crippen molar-refractivity contribution < 1.29 is 0 Å². The number of piperazine rings is 1. The highest BCUT2D eigenvalue weighted by Gasteiger charge is 2.16. The van der Waals surface area contributed by atoms with E-state index in [-0.39, 0.29) is 0 Å². The van der Waals surface area contributed by atoms with Gasteiger partial charge in [-0.2, -0.15) is 0 Å². The predicted octanol–water partition coefficient (Wildman–Crippen LogP) is 3.58. The smallest absolute Gasteiger partial charge is 0.0237 e. The van der Waals surface area contributed by atoms with Gasteiger partial charge in [0.25, 0.3) is 0 Å². The van der Waals surface area contributed by atoms with Crippen LogP contribution in [0, 0.1) is 0 Å². The highest BCUT2D eigenvalue weighted by atomic mass is 15.3. The highest BCUT2D eigenvalue weighted by molar-refractivity contribution is 5.32. The Balaban J connectivity index is 1.63. The second kappa shape index (κ2) is 8.09. The largest absolute Gasteiger partial charge is 0.297 e. The van der Waals surface area contributed by atoms with E-state index in [0.717, 1.165) is 45.7 Å². The van der Waals surface area contributed by atoms with Gasteiger partial charge in [-0.15, -0.1) is 6.58 Å². The monoisotopic (exact) mass is 306 g/mol. The number of hydrogen-bond donors (Lipinski definition) is 0. The van der Waals surface area contributed by atoms with Crippen molar-refractivity contribution in [3.8, 4) is 0 Å². The molecular formula is C21H26N2. The summed E-state index contributed by atoms with van der Waals surface area (Å²) in [4.78, 5) is 5.04. The molecule has 1 saturated heterocycles. The molecule has 1 aliphatic heterocycles. The molecule has 0 saturated carbocycles. The van der Waals surface area contributed by atoms with E-state index in [1.54, 1.807) is 0 Å². The summed E-state index contributed by atoms with van der Waals surface area (Å²) in [6, 6.07) is 19.6. The molecule has 2 nitrogen and oxygen atoms in total. The third-order valence-corrected chi connectivity index (χ3v) is 4.60. The van der Waals surface area contributed by atoms with E-state index in [9.17, 15) is 0 Å². The zero-order valence-corrected chi connectivity index (χ0v) is 13.8. The van der Waals surface area contributed by atoms with E-state index in [1.807, 2.05) is 6.08 Å². The summed E-state index contributed by atoms with van der Waals surface area (Å²) in [5.41, 5.74) is 4.30. The van der Waals surface area contributed by atoms with Crippen LogP contribution in [0.3, 0.4) is 0 Å². The van der Waals surface area contributed by atoms with E-state index < -0.39 is 0 Å². The maximum absolute atomic E-state index is 3.84. The molecule has 1 fully saturated rings. The molecule has 3 rings (SSSR count). The number of rotatable bonds is 6. The molecule has 23 heavy (non-hydrogen) atoms. The second-order valence-corrected chi connectivity index (χ2v) is 6.30. The van der Waals surface area contributed by atoms with E-state index >= 15 is 0 Å². The Labute approximate surface area is 140 Å². The molecule has 0 N–H and O–H groups in total. The van der Waals surface area contributed by atoms with Gasteiger partial charge < -0.3 is 0 Å². The van der Waals surface area contributed by atoms with Crippen molar-refractivity contribution in [2.45, 2.75) is 13.0 Å². The van der Waals surface area contributed by atoms with Gasteiger partial charge >= 0.3 is 0 Å². The Bertz CT molecular complexity index is 613. The minimum absolute atomic E-state index is 1.01. The van der Waals surface area contributed by atoms with Crippen molar-refractivity contribution in [1.82, 2.24) is 9.80 Å². The zero-order chi connectivity index (χ0) is 15.9. The molecule has 1 heterocycles. The summed E-state index contributed by atoms with van der Waals surface area (Å²) in [5.74, 6) is 0. The van der Waals surface area contributed by atoms with Crippen LogP contribution < -0.4 is 0 Å². The topological polar surface area (TPSA) is 6.48 Å². The number of benzene rings is 2. The SMILES string of the molecule is C=CCN1CCN(Cc2ccccc2Cc2ccccc2)CC1. The van der Waals surface area contributed by atoms with Gasteiger partial charge in [0.2, 0.25) is 0 Å². The van der Waals surface area contributed by atoms with Gasteiger partial charge in [0.15, 0.2) is 0 Å². The molecule has 120 valence electrons. The molecule has 0 bridgehead atoms. The molecule has 0 atom stereocenters. The molecule has 0 spiro atoms. The van der Waals surface area contributed by atoms with Gasteiger partial charge in [-0.3, -0.25) is 9.80 Å². The van der Waals surface area contributed by atoms with E-state index in [0.29, 0.717) is 0 Å². The van der Waals surface area contributed by atoms with Crippen LogP contribution in [0.1, 0.15) is 16.7 Å². The van der Waals surface area contributed by atoms with Crippen molar-refractivity contribution >= 4 is 0 Å². The van der Waals surface area contributed by atoms with Crippen molar-refractivity contribution in [2.75, 3.05) is 32.7 Å². The van der Waals surface area contributed by atoms with Gasteiger partial charge in [0.1, 0.15) is 0 Å². The first kappa shape index (κ1) is 16.0. The van der Waals surface area contributed by atoms with Crippen LogP contribution in [0.4, 0.5) is 0 Å². The standard InChI is InChI=1S/C21H26N2/c1-2-12-22-13-15-23(16-14-22)18-21-11-7-6-10-20(21)17-19-8-4-3-5-9-19/h2-11H,1,12-18H2. The normalized spacial score (nSPS) is 16.3. The molecule has 0 radical (unpaired) electrons. The average molecular weight is 306 g/mol. The zero-order valence-electron chi connectivity index (χ0n) is 13.8. The Morgan fingerprint density at radius 3 is 2.09 bits per heavy atom. The molecule has 0 aromatic heterocycles. The summed E-state index contributed by atoms with van der Waals surface area (Å²) in [6.45, 7) is 10.5. The van der Waals surface area contributed by atoms with Crippen molar-refractivity contribution in [3.63, 3.8) is 0 Å². The summed E-state index contributed by atoms with van der Waals surface area (Å²) >= 11 is 0. The fourth-order valence-corrected chi connectivity index (χ4v) is 3.25. The predicted molar refractivity (Wildman–Crippen MR) is 97.6 cm³/mol. The maximum Gasteiger partial charge on any atom is 0.0237 e. The minimum Gasteiger partial charge on any atom is -0.297 e. The van der Waals surface area contributed by atoms with Crippen LogP contribution >= 0.6 is 0 Å². The number of hydrogen-bond acceptors (Lipinski definition) is 2. The maximum atomic E-state index is 3.84. The van der Waals surface area contributed by atoms with Gasteiger partial charge in [0, 0.05) is 39.3 Å². The van der Waals surface area contributed by atoms with Crippen LogP contribution in [-0.4, -0.2) is 42.5 Å². The fraction of sp³-hybridized carbons (Fsp3) is 0.333. The fourth-order valence-electron chi connectivity index (χ4n) is 3.25. The quantitative estimate of drug-likeness (QED) is 0.753. The van der Waals surface area contributed by atoms with Crippen molar-refractivity contribution in [2.24, 2.45) is 0 Å². The van der Waals surface area contributed by atoms with Crippen LogP contribution in [0.5, 0.6) is 0 Å². The Hall–Kier alpha value is -1.90. The number of nitrogens with zero attached hydrogens (tertiary/aromatic N) is 2. The van der Waals surface area contributed by atoms with Crippen LogP contribution in [0.25, 0.3) is 0 Å². The minimum atomic E-state index is 1.01. The molecule has 2 aromatic carbocycles. The van der Waals surface area contributed by atoms with Crippen LogP contribution in [-0.2, 0) is 13.0 Å².